The van der Waals surface area contributed by atoms with Gasteiger partial charge in [-0.25, -0.2) is 9.79 Å². The van der Waals surface area contributed by atoms with E-state index in [1.54, 1.807) is 25.3 Å². The summed E-state index contributed by atoms with van der Waals surface area (Å²) in [5.74, 6) is -0.579. The number of benzene rings is 2. The second-order valence-electron chi connectivity index (χ2n) is 6.29. The summed E-state index contributed by atoms with van der Waals surface area (Å²) in [6.07, 6.45) is 1.70. The largest absolute Gasteiger partial charge is 0.478 e. The fourth-order valence-electron chi connectivity index (χ4n) is 2.64. The number of hydrogen-bond donors (Lipinski definition) is 1. The molecule has 1 fully saturated rings. The second kappa shape index (κ2) is 8.64. The number of aliphatic imine (C=N–C) groups is 1. The Bertz CT molecular complexity index is 1150. The van der Waals surface area contributed by atoms with Gasteiger partial charge in [0.05, 0.1) is 16.2 Å². The lowest BCUT2D eigenvalue weighted by molar-refractivity contribution is -0.121. The fourth-order valence-corrected chi connectivity index (χ4v) is 4.41. The standard InChI is InChI=1S/C22H16N2O4S2/c1-24-20(25)18(30-22(24)23-15-9-7-14(8-10-15)21(26)27)13-16-11-12-19(28-16)29-17-5-3-2-4-6-17/h2-13H,1H3,(H,26,27)/b18-13-,23-22?. The molecule has 0 radical (unpaired) electrons. The van der Waals surface area contributed by atoms with Crippen LogP contribution in [0.4, 0.5) is 5.69 Å². The molecule has 0 atom stereocenters. The number of amidine groups is 1. The van der Waals surface area contributed by atoms with E-state index in [1.807, 2.05) is 42.5 Å². The summed E-state index contributed by atoms with van der Waals surface area (Å²) >= 11 is 2.75. The molecule has 1 N–H and O–H groups in total. The molecule has 4 rings (SSSR count). The predicted octanol–water partition coefficient (Wildman–Crippen LogP) is 5.36. The molecule has 1 aliphatic rings. The molecule has 6 nitrogen and oxygen atoms in total. The molecule has 1 saturated heterocycles. The Labute approximate surface area is 181 Å². The number of hydrogen-bond acceptors (Lipinski definition) is 6. The normalized spacial score (nSPS) is 16.6. The molecular formula is C22H16N2O4S2. The molecule has 1 amide bonds. The molecule has 1 aliphatic heterocycles. The number of aromatic carboxylic acids is 1. The lowest BCUT2D eigenvalue weighted by Gasteiger charge is -2.07. The molecule has 1 aromatic heterocycles. The van der Waals surface area contributed by atoms with Gasteiger partial charge in [0.2, 0.25) is 0 Å². The van der Waals surface area contributed by atoms with Gasteiger partial charge in [0.25, 0.3) is 5.91 Å². The summed E-state index contributed by atoms with van der Waals surface area (Å²) in [5.41, 5.74) is 0.757. The molecule has 0 bridgehead atoms. The van der Waals surface area contributed by atoms with Gasteiger partial charge in [0.15, 0.2) is 10.3 Å². The average Bonchev–Trinajstić information content (AvgIpc) is 3.29. The van der Waals surface area contributed by atoms with Gasteiger partial charge >= 0.3 is 5.97 Å². The number of likely N-dealkylation sites (N-methyl/N-ethyl adjacent to an activating group) is 1. The number of carboxylic acid groups (broad SMARTS) is 1. The topological polar surface area (TPSA) is 83.1 Å². The van der Waals surface area contributed by atoms with Crippen molar-refractivity contribution in [2.75, 3.05) is 7.05 Å². The quantitative estimate of drug-likeness (QED) is 0.542. The highest BCUT2D eigenvalue weighted by Crippen LogP contribution is 2.35. The van der Waals surface area contributed by atoms with Crippen molar-refractivity contribution >= 4 is 52.3 Å². The van der Waals surface area contributed by atoms with Gasteiger partial charge in [0.1, 0.15) is 5.76 Å². The highest BCUT2D eigenvalue weighted by molar-refractivity contribution is 8.18. The van der Waals surface area contributed by atoms with Crippen molar-refractivity contribution in [1.29, 1.82) is 0 Å². The molecule has 2 heterocycles. The highest BCUT2D eigenvalue weighted by atomic mass is 32.2. The minimum atomic E-state index is -0.995. The third-order valence-electron chi connectivity index (χ3n) is 4.18. The van der Waals surface area contributed by atoms with E-state index in [0.29, 0.717) is 21.5 Å². The Balaban J connectivity index is 1.51. The molecule has 0 spiro atoms. The fraction of sp³-hybridized carbons (Fsp3) is 0.0455. The van der Waals surface area contributed by atoms with Gasteiger partial charge in [-0.2, -0.15) is 0 Å². The van der Waals surface area contributed by atoms with Crippen LogP contribution in [0.1, 0.15) is 16.1 Å². The molecule has 0 saturated carbocycles. The predicted molar refractivity (Wildman–Crippen MR) is 118 cm³/mol. The Kier molecular flexibility index (Phi) is 5.78. The van der Waals surface area contributed by atoms with Crippen molar-refractivity contribution in [3.05, 3.63) is 83.0 Å². The minimum absolute atomic E-state index is 0.172. The number of carboxylic acids is 1. The smallest absolute Gasteiger partial charge is 0.335 e. The maximum absolute atomic E-state index is 12.6. The zero-order valence-corrected chi connectivity index (χ0v) is 17.4. The first-order chi connectivity index (χ1) is 14.5. The minimum Gasteiger partial charge on any atom is -0.478 e. The van der Waals surface area contributed by atoms with Gasteiger partial charge in [-0.1, -0.05) is 30.0 Å². The Morgan fingerprint density at radius 1 is 1.10 bits per heavy atom. The van der Waals surface area contributed by atoms with Crippen LogP contribution in [-0.2, 0) is 4.79 Å². The van der Waals surface area contributed by atoms with Crippen molar-refractivity contribution in [3.8, 4) is 0 Å². The number of amides is 1. The van der Waals surface area contributed by atoms with E-state index in [0.717, 1.165) is 9.99 Å². The molecule has 2 aromatic carbocycles. The second-order valence-corrected chi connectivity index (χ2v) is 8.38. The summed E-state index contributed by atoms with van der Waals surface area (Å²) in [6.45, 7) is 0. The third-order valence-corrected chi connectivity index (χ3v) is 6.17. The van der Waals surface area contributed by atoms with Crippen molar-refractivity contribution < 1.29 is 19.1 Å². The van der Waals surface area contributed by atoms with E-state index in [2.05, 4.69) is 4.99 Å². The van der Waals surface area contributed by atoms with E-state index >= 15 is 0 Å². The van der Waals surface area contributed by atoms with Crippen LogP contribution in [-0.4, -0.2) is 34.1 Å². The number of furan rings is 1. The van der Waals surface area contributed by atoms with E-state index in [1.165, 1.54) is 40.6 Å². The zero-order chi connectivity index (χ0) is 21.1. The van der Waals surface area contributed by atoms with Gasteiger partial charge in [-0.15, -0.1) is 0 Å². The van der Waals surface area contributed by atoms with Crippen LogP contribution in [0, 0.1) is 0 Å². The zero-order valence-electron chi connectivity index (χ0n) is 15.8. The first-order valence-corrected chi connectivity index (χ1v) is 10.6. The highest BCUT2D eigenvalue weighted by Gasteiger charge is 2.30. The Hall–Kier alpha value is -3.23. The van der Waals surface area contributed by atoms with Gasteiger partial charge in [-0.05, 0) is 60.3 Å². The molecular weight excluding hydrogens is 420 g/mol. The van der Waals surface area contributed by atoms with Crippen molar-refractivity contribution in [1.82, 2.24) is 4.90 Å². The van der Waals surface area contributed by atoms with E-state index in [4.69, 9.17) is 9.52 Å². The third kappa shape index (κ3) is 4.50. The summed E-state index contributed by atoms with van der Waals surface area (Å²) in [6, 6.07) is 19.8. The van der Waals surface area contributed by atoms with Crippen LogP contribution in [0.5, 0.6) is 0 Å². The lowest BCUT2D eigenvalue weighted by atomic mass is 10.2. The average molecular weight is 437 g/mol. The number of nitrogens with zero attached hydrogens (tertiary/aromatic N) is 2. The summed E-state index contributed by atoms with van der Waals surface area (Å²) < 4.78 is 5.83. The summed E-state index contributed by atoms with van der Waals surface area (Å²) in [4.78, 5) is 31.0. The summed E-state index contributed by atoms with van der Waals surface area (Å²) in [5, 5.41) is 10.2. The Morgan fingerprint density at radius 2 is 1.83 bits per heavy atom. The first kappa shape index (κ1) is 20.1. The van der Waals surface area contributed by atoms with Gasteiger partial charge in [-0.3, -0.25) is 9.69 Å². The van der Waals surface area contributed by atoms with Crippen molar-refractivity contribution in [2.45, 2.75) is 9.99 Å². The molecule has 150 valence electrons. The number of thioether (sulfide) groups is 1. The van der Waals surface area contributed by atoms with Gasteiger partial charge in [0, 0.05) is 18.0 Å². The van der Waals surface area contributed by atoms with Crippen LogP contribution in [0.15, 0.2) is 91.0 Å². The molecule has 8 heteroatoms. The maximum atomic E-state index is 12.6. The van der Waals surface area contributed by atoms with Crippen molar-refractivity contribution in [2.24, 2.45) is 4.99 Å². The van der Waals surface area contributed by atoms with Crippen LogP contribution >= 0.6 is 23.5 Å². The molecule has 30 heavy (non-hydrogen) atoms. The summed E-state index contributed by atoms with van der Waals surface area (Å²) in [7, 11) is 1.65. The number of rotatable bonds is 5. The van der Waals surface area contributed by atoms with E-state index < -0.39 is 5.97 Å². The first-order valence-electron chi connectivity index (χ1n) is 8.92. The molecule has 3 aromatic rings. The van der Waals surface area contributed by atoms with E-state index in [-0.39, 0.29) is 11.5 Å². The van der Waals surface area contributed by atoms with Gasteiger partial charge < -0.3 is 9.52 Å². The van der Waals surface area contributed by atoms with E-state index in [9.17, 15) is 9.59 Å². The Morgan fingerprint density at radius 3 is 2.53 bits per heavy atom. The molecule has 0 aliphatic carbocycles. The van der Waals surface area contributed by atoms with Crippen LogP contribution < -0.4 is 0 Å². The van der Waals surface area contributed by atoms with Crippen LogP contribution in [0.3, 0.4) is 0 Å². The molecule has 0 unspecified atom stereocenters. The number of carbonyl (C=O) groups is 2. The lowest BCUT2D eigenvalue weighted by Crippen LogP contribution is -2.23. The SMILES string of the molecule is CN1C(=O)/C(=C/c2ccc(Sc3ccccc3)o2)SC1=Nc1ccc(C(=O)O)cc1. The van der Waals surface area contributed by atoms with Crippen LogP contribution in [0.2, 0.25) is 0 Å². The van der Waals surface area contributed by atoms with Crippen LogP contribution in [0.25, 0.3) is 6.08 Å². The van der Waals surface area contributed by atoms with Crippen molar-refractivity contribution in [3.63, 3.8) is 0 Å². The monoisotopic (exact) mass is 436 g/mol. The maximum Gasteiger partial charge on any atom is 0.335 e. The number of carbonyl (C=O) groups excluding carboxylic acids is 1.